The van der Waals surface area contributed by atoms with Gasteiger partial charge in [-0.1, -0.05) is 46.3 Å². The molecule has 19 heavy (non-hydrogen) atoms. The summed E-state index contributed by atoms with van der Waals surface area (Å²) in [6, 6.07) is 16.7. The maximum Gasteiger partial charge on any atom is 0.119 e. The molecule has 2 nitrogen and oxygen atoms in total. The first-order chi connectivity index (χ1) is 9.20. The summed E-state index contributed by atoms with van der Waals surface area (Å²) in [5.41, 5.74) is 2.49. The molecule has 0 unspecified atom stereocenters. The maximum atomic E-state index is 5.23. The molecule has 2 aromatic rings. The second kappa shape index (κ2) is 6.73. The molecule has 2 rings (SSSR count). The van der Waals surface area contributed by atoms with Gasteiger partial charge in [-0.15, -0.1) is 0 Å². The molecule has 1 N–H and O–H groups in total. The summed E-state index contributed by atoms with van der Waals surface area (Å²) in [6.07, 6.45) is 0. The minimum atomic E-state index is 0.293. The minimum absolute atomic E-state index is 0.293. The van der Waals surface area contributed by atoms with E-state index in [1.54, 1.807) is 7.11 Å². The van der Waals surface area contributed by atoms with E-state index in [2.05, 4.69) is 58.5 Å². The average molecular weight is 320 g/mol. The van der Waals surface area contributed by atoms with Crippen LogP contribution in [0.1, 0.15) is 24.1 Å². The van der Waals surface area contributed by atoms with Crippen LogP contribution in [0.3, 0.4) is 0 Å². The fourth-order valence-electron chi connectivity index (χ4n) is 1.99. The normalized spacial score (nSPS) is 12.2. The van der Waals surface area contributed by atoms with Gasteiger partial charge in [0.15, 0.2) is 0 Å². The van der Waals surface area contributed by atoms with Gasteiger partial charge in [-0.25, -0.2) is 0 Å². The highest BCUT2D eigenvalue weighted by molar-refractivity contribution is 9.10. The van der Waals surface area contributed by atoms with Crippen LogP contribution in [0.15, 0.2) is 53.0 Å². The second-order valence-electron chi connectivity index (χ2n) is 4.48. The molecule has 0 bridgehead atoms. The van der Waals surface area contributed by atoms with E-state index in [4.69, 9.17) is 4.74 Å². The predicted molar refractivity (Wildman–Crippen MR) is 82.4 cm³/mol. The fourth-order valence-corrected chi connectivity index (χ4v) is 2.62. The lowest BCUT2D eigenvalue weighted by molar-refractivity contribution is 0.414. The van der Waals surface area contributed by atoms with Crippen molar-refractivity contribution in [1.29, 1.82) is 0 Å². The van der Waals surface area contributed by atoms with E-state index in [0.717, 1.165) is 16.8 Å². The zero-order chi connectivity index (χ0) is 13.7. The van der Waals surface area contributed by atoms with Gasteiger partial charge in [-0.05, 0) is 36.2 Å². The molecule has 0 heterocycles. The van der Waals surface area contributed by atoms with Crippen LogP contribution in [0.25, 0.3) is 0 Å². The highest BCUT2D eigenvalue weighted by Crippen LogP contribution is 2.23. The third-order valence-electron chi connectivity index (χ3n) is 3.12. The summed E-state index contributed by atoms with van der Waals surface area (Å²) in [4.78, 5) is 0. The van der Waals surface area contributed by atoms with E-state index >= 15 is 0 Å². The lowest BCUT2D eigenvalue weighted by Gasteiger charge is -2.16. The van der Waals surface area contributed by atoms with Crippen molar-refractivity contribution < 1.29 is 4.74 Å². The quantitative estimate of drug-likeness (QED) is 0.886. The van der Waals surface area contributed by atoms with Crippen LogP contribution >= 0.6 is 15.9 Å². The number of nitrogens with one attached hydrogen (secondary N) is 1. The number of hydrogen-bond acceptors (Lipinski definition) is 2. The van der Waals surface area contributed by atoms with Crippen molar-refractivity contribution in [2.45, 2.75) is 19.5 Å². The Morgan fingerprint density at radius 1 is 1.16 bits per heavy atom. The third kappa shape index (κ3) is 3.82. The zero-order valence-electron chi connectivity index (χ0n) is 11.2. The first-order valence-corrected chi connectivity index (χ1v) is 7.10. The van der Waals surface area contributed by atoms with Crippen LogP contribution in [0.5, 0.6) is 5.75 Å². The molecule has 0 saturated heterocycles. The van der Waals surface area contributed by atoms with E-state index in [9.17, 15) is 0 Å². The molecule has 100 valence electrons. The predicted octanol–water partition coefficient (Wildman–Crippen LogP) is 4.31. The summed E-state index contributed by atoms with van der Waals surface area (Å²) < 4.78 is 6.37. The molecule has 1 atom stereocenters. The van der Waals surface area contributed by atoms with E-state index in [0.29, 0.717) is 6.04 Å². The van der Waals surface area contributed by atoms with Crippen molar-refractivity contribution in [2.24, 2.45) is 0 Å². The molecule has 0 amide bonds. The van der Waals surface area contributed by atoms with Crippen LogP contribution in [0.4, 0.5) is 0 Å². The molecule has 0 fully saturated rings. The van der Waals surface area contributed by atoms with E-state index in [1.165, 1.54) is 11.1 Å². The number of benzene rings is 2. The van der Waals surface area contributed by atoms with Gasteiger partial charge in [-0.2, -0.15) is 0 Å². The Labute approximate surface area is 122 Å². The van der Waals surface area contributed by atoms with Gasteiger partial charge in [0, 0.05) is 17.1 Å². The van der Waals surface area contributed by atoms with Gasteiger partial charge >= 0.3 is 0 Å². The van der Waals surface area contributed by atoms with Crippen molar-refractivity contribution in [3.8, 4) is 5.75 Å². The number of rotatable bonds is 5. The van der Waals surface area contributed by atoms with Crippen molar-refractivity contribution in [1.82, 2.24) is 5.32 Å². The smallest absolute Gasteiger partial charge is 0.119 e. The van der Waals surface area contributed by atoms with Crippen molar-refractivity contribution in [2.75, 3.05) is 7.11 Å². The van der Waals surface area contributed by atoms with E-state index in [1.807, 2.05) is 18.2 Å². The average Bonchev–Trinajstić information content (AvgIpc) is 2.45. The number of ether oxygens (including phenoxy) is 1. The molecule has 2 aromatic carbocycles. The van der Waals surface area contributed by atoms with Gasteiger partial charge in [0.05, 0.1) is 7.11 Å². The Morgan fingerprint density at radius 3 is 2.68 bits per heavy atom. The van der Waals surface area contributed by atoms with Gasteiger partial charge in [0.25, 0.3) is 0 Å². The van der Waals surface area contributed by atoms with Crippen LogP contribution in [0.2, 0.25) is 0 Å². The molecular formula is C16H18BrNO. The van der Waals surface area contributed by atoms with Crippen LogP contribution in [-0.4, -0.2) is 7.11 Å². The lowest BCUT2D eigenvalue weighted by atomic mass is 10.1. The van der Waals surface area contributed by atoms with Crippen LogP contribution in [-0.2, 0) is 6.54 Å². The molecule has 0 aliphatic heterocycles. The Balaban J connectivity index is 2.00. The fraction of sp³-hybridized carbons (Fsp3) is 0.250. The van der Waals surface area contributed by atoms with Crippen LogP contribution < -0.4 is 10.1 Å². The van der Waals surface area contributed by atoms with E-state index in [-0.39, 0.29) is 0 Å². The van der Waals surface area contributed by atoms with E-state index < -0.39 is 0 Å². The first kappa shape index (κ1) is 14.1. The number of hydrogen-bond donors (Lipinski definition) is 1. The van der Waals surface area contributed by atoms with Gasteiger partial charge in [0.1, 0.15) is 5.75 Å². The SMILES string of the molecule is COc1cccc(CN[C@@H](C)c2ccccc2Br)c1. The van der Waals surface area contributed by atoms with Crippen molar-refractivity contribution >= 4 is 15.9 Å². The monoisotopic (exact) mass is 319 g/mol. The number of methoxy groups -OCH3 is 1. The first-order valence-electron chi connectivity index (χ1n) is 6.31. The summed E-state index contributed by atoms with van der Waals surface area (Å²) >= 11 is 3.59. The lowest BCUT2D eigenvalue weighted by Crippen LogP contribution is -2.18. The second-order valence-corrected chi connectivity index (χ2v) is 5.33. The molecule has 0 spiro atoms. The van der Waals surface area contributed by atoms with Gasteiger partial charge < -0.3 is 10.1 Å². The molecule has 0 saturated carbocycles. The van der Waals surface area contributed by atoms with Crippen LogP contribution in [0, 0.1) is 0 Å². The summed E-state index contributed by atoms with van der Waals surface area (Å²) in [5.74, 6) is 0.896. The molecule has 0 radical (unpaired) electrons. The van der Waals surface area contributed by atoms with Crippen molar-refractivity contribution in [3.05, 3.63) is 64.1 Å². The summed E-state index contributed by atoms with van der Waals surface area (Å²) in [5, 5.41) is 3.52. The summed E-state index contributed by atoms with van der Waals surface area (Å²) in [6.45, 7) is 2.99. The number of halogens is 1. The summed E-state index contributed by atoms with van der Waals surface area (Å²) in [7, 11) is 1.69. The molecule has 0 aliphatic carbocycles. The largest absolute Gasteiger partial charge is 0.497 e. The molecule has 3 heteroatoms. The standard InChI is InChI=1S/C16H18BrNO/c1-12(15-8-3-4-9-16(15)17)18-11-13-6-5-7-14(10-13)19-2/h3-10,12,18H,11H2,1-2H3/t12-/m0/s1. The minimum Gasteiger partial charge on any atom is -0.497 e. The molecule has 0 aromatic heterocycles. The topological polar surface area (TPSA) is 21.3 Å². The zero-order valence-corrected chi connectivity index (χ0v) is 12.8. The Bertz CT molecular complexity index is 542. The highest BCUT2D eigenvalue weighted by Gasteiger charge is 2.08. The van der Waals surface area contributed by atoms with Crippen molar-refractivity contribution in [3.63, 3.8) is 0 Å². The molecular weight excluding hydrogens is 302 g/mol. The van der Waals surface area contributed by atoms with Gasteiger partial charge in [0.2, 0.25) is 0 Å². The third-order valence-corrected chi connectivity index (χ3v) is 3.84. The molecule has 0 aliphatic rings. The van der Waals surface area contributed by atoms with Gasteiger partial charge in [-0.3, -0.25) is 0 Å². The Hall–Kier alpha value is -1.32. The highest BCUT2D eigenvalue weighted by atomic mass is 79.9. The Morgan fingerprint density at radius 2 is 1.95 bits per heavy atom. The maximum absolute atomic E-state index is 5.23. The Kier molecular flexibility index (Phi) is 5.00.